The van der Waals surface area contributed by atoms with Crippen molar-refractivity contribution in [3.05, 3.63) is 83.5 Å². The fourth-order valence-electron chi connectivity index (χ4n) is 3.14. The summed E-state index contributed by atoms with van der Waals surface area (Å²) in [5.74, 6) is 0.410. The number of halogens is 2. The average molecular weight is 391 g/mol. The quantitative estimate of drug-likeness (QED) is 0.519. The maximum Gasteiger partial charge on any atom is 3.00 e. The first-order chi connectivity index (χ1) is 8.95. The predicted molar refractivity (Wildman–Crippen MR) is 74.4 cm³/mol. The molecule has 0 heterocycles. The summed E-state index contributed by atoms with van der Waals surface area (Å²) >= 11 is 0. The molecular weight excluding hydrogens is 378 g/mol. The number of hydrogen-bond acceptors (Lipinski definition) is 0. The van der Waals surface area contributed by atoms with Gasteiger partial charge < -0.3 is 24.8 Å². The van der Waals surface area contributed by atoms with E-state index in [0.717, 1.165) is 6.42 Å². The van der Waals surface area contributed by atoms with Crippen molar-refractivity contribution in [2.45, 2.75) is 12.3 Å². The van der Waals surface area contributed by atoms with Crippen LogP contribution in [0.15, 0.2) is 66.3 Å². The molecule has 103 valence electrons. The van der Waals surface area contributed by atoms with Crippen LogP contribution in [-0.2, 0) is 26.2 Å². The summed E-state index contributed by atoms with van der Waals surface area (Å²) in [6.07, 6.45) is 7.73. The van der Waals surface area contributed by atoms with Gasteiger partial charge in [0.05, 0.1) is 0 Å². The zero-order valence-corrected chi connectivity index (χ0v) is 15.3. The number of fused-ring (bicyclic) bond motifs is 3. The van der Waals surface area contributed by atoms with Gasteiger partial charge in [-0.25, -0.2) is 0 Å². The van der Waals surface area contributed by atoms with Crippen molar-refractivity contribution in [2.24, 2.45) is 0 Å². The minimum atomic E-state index is 0. The standard InChI is InChI=1S/C18H13.2ClH.Zr/c1-2-8-13(7-1)18-16-11-5-3-9-14(16)15-10-4-6-12-17(15)18;;;/h1-7,9-11,18H,8H2;2*1H;/q-1;;;+3/p-2. The Hall–Kier alpha value is -0.617. The SMILES string of the molecule is [Cl-].[Cl-].[Zr+3].[c-]1cccc2c1C(C1=CC=CC1)c1ccccc1-2. The number of benzene rings is 2. The van der Waals surface area contributed by atoms with E-state index >= 15 is 0 Å². The molecule has 0 amide bonds. The third kappa shape index (κ3) is 2.97. The molecule has 0 bridgehead atoms. The normalized spacial score (nSPS) is 16.8. The second kappa shape index (κ2) is 7.59. The van der Waals surface area contributed by atoms with Gasteiger partial charge in [0, 0.05) is 5.92 Å². The van der Waals surface area contributed by atoms with E-state index in [2.05, 4.69) is 60.7 Å². The molecule has 2 aromatic carbocycles. The minimum absolute atomic E-state index is 0. The maximum atomic E-state index is 3.45. The minimum Gasteiger partial charge on any atom is -1.00 e. The van der Waals surface area contributed by atoms with Crippen LogP contribution in [0.5, 0.6) is 0 Å². The van der Waals surface area contributed by atoms with E-state index in [9.17, 15) is 0 Å². The molecule has 1 unspecified atom stereocenters. The molecular formula is C18H13Cl2Zr. The van der Waals surface area contributed by atoms with Gasteiger partial charge in [-0.05, 0) is 12.0 Å². The van der Waals surface area contributed by atoms with Crippen molar-refractivity contribution >= 4 is 0 Å². The van der Waals surface area contributed by atoms with Gasteiger partial charge in [0.2, 0.25) is 0 Å². The summed E-state index contributed by atoms with van der Waals surface area (Å²) in [5, 5.41) is 0. The largest absolute Gasteiger partial charge is 3.00 e. The molecule has 1 radical (unpaired) electrons. The van der Waals surface area contributed by atoms with E-state index in [0.29, 0.717) is 5.92 Å². The van der Waals surface area contributed by atoms with E-state index in [1.807, 2.05) is 6.07 Å². The van der Waals surface area contributed by atoms with Crippen LogP contribution in [0, 0.1) is 6.07 Å². The first-order valence-corrected chi connectivity index (χ1v) is 6.40. The third-order valence-electron chi connectivity index (χ3n) is 3.91. The topological polar surface area (TPSA) is 0 Å². The van der Waals surface area contributed by atoms with Crippen LogP contribution in [-0.4, -0.2) is 0 Å². The van der Waals surface area contributed by atoms with Gasteiger partial charge in [0.25, 0.3) is 0 Å². The molecule has 21 heavy (non-hydrogen) atoms. The summed E-state index contributed by atoms with van der Waals surface area (Å²) in [7, 11) is 0. The van der Waals surface area contributed by atoms with Gasteiger partial charge in [0.1, 0.15) is 0 Å². The van der Waals surface area contributed by atoms with Crippen molar-refractivity contribution in [3.63, 3.8) is 0 Å². The van der Waals surface area contributed by atoms with Crippen molar-refractivity contribution in [1.29, 1.82) is 0 Å². The van der Waals surface area contributed by atoms with Crippen molar-refractivity contribution in [3.8, 4) is 11.1 Å². The summed E-state index contributed by atoms with van der Waals surface area (Å²) < 4.78 is 0. The smallest absolute Gasteiger partial charge is 1.00 e. The van der Waals surface area contributed by atoms with Gasteiger partial charge in [-0.1, -0.05) is 53.6 Å². The van der Waals surface area contributed by atoms with Crippen molar-refractivity contribution < 1.29 is 51.0 Å². The van der Waals surface area contributed by atoms with Gasteiger partial charge in [-0.15, -0.1) is 11.1 Å². The molecule has 0 fully saturated rings. The Morgan fingerprint density at radius 2 is 1.71 bits per heavy atom. The van der Waals surface area contributed by atoms with Crippen LogP contribution >= 0.6 is 0 Å². The van der Waals surface area contributed by atoms with E-state index in [4.69, 9.17) is 0 Å². The van der Waals surface area contributed by atoms with E-state index in [-0.39, 0.29) is 51.0 Å². The molecule has 2 aromatic rings. The second-order valence-corrected chi connectivity index (χ2v) is 4.89. The molecule has 0 aliphatic heterocycles. The fourth-order valence-corrected chi connectivity index (χ4v) is 3.14. The molecule has 0 nitrogen and oxygen atoms in total. The molecule has 0 saturated carbocycles. The zero-order valence-electron chi connectivity index (χ0n) is 11.3. The maximum absolute atomic E-state index is 3.45. The Morgan fingerprint density at radius 1 is 0.952 bits per heavy atom. The first-order valence-electron chi connectivity index (χ1n) is 6.40. The summed E-state index contributed by atoms with van der Waals surface area (Å²) in [6, 6.07) is 18.5. The van der Waals surface area contributed by atoms with Gasteiger partial charge in [0.15, 0.2) is 0 Å². The van der Waals surface area contributed by atoms with E-state index in [1.54, 1.807) is 0 Å². The monoisotopic (exact) mass is 389 g/mol. The Labute approximate surface area is 157 Å². The Kier molecular flexibility index (Phi) is 6.66. The van der Waals surface area contributed by atoms with Crippen LogP contribution < -0.4 is 24.8 Å². The van der Waals surface area contributed by atoms with E-state index < -0.39 is 0 Å². The fraction of sp³-hybridized carbons (Fsp3) is 0.111. The molecule has 1 atom stereocenters. The van der Waals surface area contributed by atoms with Gasteiger partial charge in [-0.2, -0.15) is 24.3 Å². The molecule has 0 spiro atoms. The van der Waals surface area contributed by atoms with Crippen molar-refractivity contribution in [1.82, 2.24) is 0 Å². The van der Waals surface area contributed by atoms with Crippen LogP contribution in [0.1, 0.15) is 23.5 Å². The van der Waals surface area contributed by atoms with Crippen LogP contribution in [0.2, 0.25) is 0 Å². The average Bonchev–Trinajstić information content (AvgIpc) is 3.03. The van der Waals surface area contributed by atoms with Crippen molar-refractivity contribution in [2.75, 3.05) is 0 Å². The van der Waals surface area contributed by atoms with E-state index in [1.165, 1.54) is 27.8 Å². The van der Waals surface area contributed by atoms with Gasteiger partial charge in [-0.3, -0.25) is 0 Å². The zero-order chi connectivity index (χ0) is 11.9. The number of rotatable bonds is 1. The molecule has 0 aromatic heterocycles. The molecule has 4 rings (SSSR count). The second-order valence-electron chi connectivity index (χ2n) is 4.89. The first kappa shape index (κ1) is 18.4. The Morgan fingerprint density at radius 3 is 2.48 bits per heavy atom. The van der Waals surface area contributed by atoms with Crippen LogP contribution in [0.25, 0.3) is 11.1 Å². The summed E-state index contributed by atoms with van der Waals surface area (Å²) in [6.45, 7) is 0. The molecule has 0 N–H and O–H groups in total. The number of hydrogen-bond donors (Lipinski definition) is 0. The Balaban J connectivity index is 0.000000735. The van der Waals surface area contributed by atoms with Crippen LogP contribution in [0.3, 0.4) is 0 Å². The number of allylic oxidation sites excluding steroid dienone is 4. The molecule has 2 aliphatic rings. The summed E-state index contributed by atoms with van der Waals surface area (Å²) in [5.41, 5.74) is 7.00. The third-order valence-corrected chi connectivity index (χ3v) is 3.91. The van der Waals surface area contributed by atoms with Gasteiger partial charge >= 0.3 is 26.2 Å². The predicted octanol–water partition coefficient (Wildman–Crippen LogP) is -1.51. The Bertz CT molecular complexity index is 644. The molecule has 3 heteroatoms. The summed E-state index contributed by atoms with van der Waals surface area (Å²) in [4.78, 5) is 0. The molecule has 0 saturated heterocycles. The van der Waals surface area contributed by atoms with Crippen LogP contribution in [0.4, 0.5) is 0 Å². The molecule has 2 aliphatic carbocycles.